The predicted octanol–water partition coefficient (Wildman–Crippen LogP) is 5.29. The molecule has 5 heterocycles. The summed E-state index contributed by atoms with van der Waals surface area (Å²) >= 11 is 0. The summed E-state index contributed by atoms with van der Waals surface area (Å²) in [7, 11) is 3.83. The number of nitrogens with zero attached hydrogens (tertiary/aromatic N) is 5. The summed E-state index contributed by atoms with van der Waals surface area (Å²) in [6, 6.07) is 5.92. The van der Waals surface area contributed by atoms with Gasteiger partial charge in [-0.3, -0.25) is 4.90 Å². The van der Waals surface area contributed by atoms with Crippen LogP contribution in [0, 0.1) is 11.6 Å². The van der Waals surface area contributed by atoms with E-state index in [0.29, 0.717) is 59.8 Å². The molecule has 8 rings (SSSR count). The molecule has 3 fully saturated rings. The maximum Gasteiger partial charge on any atom is 0.319 e. The van der Waals surface area contributed by atoms with E-state index in [0.717, 1.165) is 19.4 Å². The predicted molar refractivity (Wildman–Crippen MR) is 168 cm³/mol. The molecule has 2 bridgehead atoms. The van der Waals surface area contributed by atoms with Gasteiger partial charge in [-0.15, -0.1) is 0 Å². The zero-order valence-corrected chi connectivity index (χ0v) is 26.1. The third kappa shape index (κ3) is 4.47. The molecule has 1 saturated carbocycles. The largest absolute Gasteiger partial charge is 0.508 e. The fourth-order valence-electron chi connectivity index (χ4n) is 8.49. The Kier molecular flexibility index (Phi) is 6.95. The molecule has 46 heavy (non-hydrogen) atoms. The van der Waals surface area contributed by atoms with Gasteiger partial charge < -0.3 is 24.8 Å². The lowest BCUT2D eigenvalue weighted by Crippen LogP contribution is -2.45. The molecule has 2 N–H and O–H groups in total. The number of anilines is 1. The first kappa shape index (κ1) is 29.5. The van der Waals surface area contributed by atoms with Crippen molar-refractivity contribution in [1.82, 2.24) is 25.2 Å². The van der Waals surface area contributed by atoms with Crippen molar-refractivity contribution in [2.75, 3.05) is 38.7 Å². The number of halogens is 3. The lowest BCUT2D eigenvalue weighted by Gasteiger charge is -2.33. The highest BCUT2D eigenvalue weighted by Gasteiger charge is 2.49. The number of likely N-dealkylation sites (N-methyl/N-ethyl adjacent to an activating group) is 2. The zero-order valence-electron chi connectivity index (χ0n) is 26.1. The molecule has 1 aliphatic carbocycles. The number of phenolic OH excluding ortho intramolecular Hbond substituents is 1. The molecule has 3 unspecified atom stereocenters. The van der Waals surface area contributed by atoms with Crippen molar-refractivity contribution in [2.24, 2.45) is 0 Å². The van der Waals surface area contributed by atoms with Crippen molar-refractivity contribution in [1.29, 1.82) is 0 Å². The number of aromatic nitrogens is 3. The quantitative estimate of drug-likeness (QED) is 0.293. The smallest absolute Gasteiger partial charge is 0.319 e. The molecular formula is C34H37F3N6O3. The van der Waals surface area contributed by atoms with Gasteiger partial charge in [0.2, 0.25) is 5.88 Å². The number of aromatic hydroxyl groups is 1. The monoisotopic (exact) mass is 634 g/mol. The normalized spacial score (nSPS) is 27.2. The Balaban J connectivity index is 1.34. The van der Waals surface area contributed by atoms with Crippen LogP contribution in [0.2, 0.25) is 0 Å². The number of fused-ring (bicyclic) bond motifs is 4. The third-order valence-electron chi connectivity index (χ3n) is 10.7. The number of benzene rings is 2. The van der Waals surface area contributed by atoms with Gasteiger partial charge in [0.15, 0.2) is 5.82 Å². The number of ether oxygens (including phenoxy) is 2. The van der Waals surface area contributed by atoms with Gasteiger partial charge in [0.05, 0.1) is 5.54 Å². The highest BCUT2D eigenvalue weighted by molar-refractivity contribution is 6.03. The first-order valence-electron chi connectivity index (χ1n) is 16.1. The number of pyridine rings is 1. The van der Waals surface area contributed by atoms with Gasteiger partial charge >= 0.3 is 6.01 Å². The van der Waals surface area contributed by atoms with Gasteiger partial charge in [-0.1, -0.05) is 13.0 Å². The van der Waals surface area contributed by atoms with Crippen LogP contribution in [-0.2, 0) is 6.42 Å². The Bertz CT molecular complexity index is 1880. The number of aryl methyl sites for hydroxylation is 1. The standard InChI is InChI=1S/C34H37F3N6O3/c1-4-21-23(36)7-6-17-10-19(44)11-22(26(17)21)29-28(37)30-27-31(42(3)25-13-20(12-24(25)38-2)46-32(27)39-29)41-33(40-30)45-16-34-8-5-9-43(34)15-18(35)14-34/h6-7,10-11,18,20,24-25,38,44H,4-5,8-9,12-16H2,1-3H3/t18-,20?,24?,25?,34+/m1/s1. The first-order chi connectivity index (χ1) is 22.2. The SMILES string of the molecule is CCc1c(F)ccc2cc(O)cc(-c3nc4c5c(nc(OC[C@@]67CCCN6C[C@H](F)C7)nc5c3F)N(C)C3CC(CC3NC)O4)c12. The summed E-state index contributed by atoms with van der Waals surface area (Å²) in [4.78, 5) is 18.3. The van der Waals surface area contributed by atoms with Crippen molar-refractivity contribution in [3.63, 3.8) is 0 Å². The topological polar surface area (TPSA) is 95.9 Å². The van der Waals surface area contributed by atoms with Gasteiger partial charge in [-0.25, -0.2) is 18.2 Å². The number of hydrogen-bond acceptors (Lipinski definition) is 9. The van der Waals surface area contributed by atoms with Crippen LogP contribution >= 0.6 is 0 Å². The molecular weight excluding hydrogens is 597 g/mol. The number of rotatable bonds is 6. The minimum absolute atomic E-state index is 0.00739. The first-order valence-corrected chi connectivity index (χ1v) is 16.1. The van der Waals surface area contributed by atoms with Crippen LogP contribution in [0.3, 0.4) is 0 Å². The van der Waals surface area contributed by atoms with Crippen LogP contribution in [0.1, 0.15) is 44.6 Å². The molecule has 2 aromatic heterocycles. The molecule has 3 aliphatic heterocycles. The van der Waals surface area contributed by atoms with E-state index in [1.807, 2.05) is 25.9 Å². The van der Waals surface area contributed by atoms with Crippen LogP contribution in [0.25, 0.3) is 32.9 Å². The van der Waals surface area contributed by atoms with E-state index in [9.17, 15) is 9.50 Å². The van der Waals surface area contributed by atoms with E-state index >= 15 is 8.78 Å². The van der Waals surface area contributed by atoms with Crippen LogP contribution in [0.5, 0.6) is 17.6 Å². The summed E-state index contributed by atoms with van der Waals surface area (Å²) in [6.07, 6.45) is 2.76. The number of hydrogen-bond donors (Lipinski definition) is 2. The summed E-state index contributed by atoms with van der Waals surface area (Å²) < 4.78 is 59.4. The summed E-state index contributed by atoms with van der Waals surface area (Å²) in [5.41, 5.74) is 0.0294. The molecule has 4 aromatic rings. The number of alkyl halides is 1. The Morgan fingerprint density at radius 3 is 2.80 bits per heavy atom. The minimum Gasteiger partial charge on any atom is -0.508 e. The van der Waals surface area contributed by atoms with Crippen LogP contribution in [0.4, 0.5) is 19.0 Å². The molecule has 242 valence electrons. The van der Waals surface area contributed by atoms with Crippen LogP contribution < -0.4 is 19.7 Å². The summed E-state index contributed by atoms with van der Waals surface area (Å²) in [6.45, 7) is 3.21. The fraction of sp³-hybridized carbons (Fsp3) is 0.500. The fourth-order valence-corrected chi connectivity index (χ4v) is 8.49. The highest BCUT2D eigenvalue weighted by atomic mass is 19.1. The minimum atomic E-state index is -0.921. The number of nitrogens with one attached hydrogen (secondary N) is 1. The van der Waals surface area contributed by atoms with Gasteiger partial charge in [-0.2, -0.15) is 9.97 Å². The second-order valence-electron chi connectivity index (χ2n) is 13.3. The van der Waals surface area contributed by atoms with Crippen molar-refractivity contribution in [3.8, 4) is 28.9 Å². The van der Waals surface area contributed by atoms with E-state index in [1.165, 1.54) is 18.2 Å². The summed E-state index contributed by atoms with van der Waals surface area (Å²) in [5.74, 6) is -0.691. The maximum absolute atomic E-state index is 17.0. The third-order valence-corrected chi connectivity index (χ3v) is 10.7. The molecule has 0 radical (unpaired) electrons. The Hall–Kier alpha value is -3.90. The molecule has 0 amide bonds. The lowest BCUT2D eigenvalue weighted by molar-refractivity contribution is 0.107. The molecule has 5 atom stereocenters. The second kappa shape index (κ2) is 10.8. The van der Waals surface area contributed by atoms with Crippen molar-refractivity contribution in [3.05, 3.63) is 41.5 Å². The van der Waals surface area contributed by atoms with Gasteiger partial charge in [0, 0.05) is 50.5 Å². The molecule has 0 spiro atoms. The molecule has 12 heteroatoms. The lowest BCUT2D eigenvalue weighted by atomic mass is 9.94. The van der Waals surface area contributed by atoms with Gasteiger partial charge in [-0.05, 0) is 67.4 Å². The second-order valence-corrected chi connectivity index (χ2v) is 13.3. The van der Waals surface area contributed by atoms with Crippen molar-refractivity contribution < 1.29 is 27.8 Å². The zero-order chi connectivity index (χ0) is 31.9. The van der Waals surface area contributed by atoms with Crippen LogP contribution in [-0.4, -0.2) is 88.6 Å². The highest BCUT2D eigenvalue weighted by Crippen LogP contribution is 2.46. The van der Waals surface area contributed by atoms with E-state index in [4.69, 9.17) is 19.4 Å². The van der Waals surface area contributed by atoms with E-state index < -0.39 is 23.3 Å². The Labute approximate surface area is 264 Å². The van der Waals surface area contributed by atoms with E-state index in [-0.39, 0.29) is 59.2 Å². The van der Waals surface area contributed by atoms with Crippen LogP contribution in [0.15, 0.2) is 24.3 Å². The maximum atomic E-state index is 17.0. The average molecular weight is 635 g/mol. The number of phenols is 1. The summed E-state index contributed by atoms with van der Waals surface area (Å²) in [5, 5.41) is 15.4. The van der Waals surface area contributed by atoms with Gasteiger partial charge in [0.25, 0.3) is 0 Å². The average Bonchev–Trinajstić information content (AvgIpc) is 3.72. The van der Waals surface area contributed by atoms with Crippen molar-refractivity contribution in [2.45, 2.75) is 75.3 Å². The van der Waals surface area contributed by atoms with E-state index in [1.54, 1.807) is 6.07 Å². The molecule has 2 saturated heterocycles. The molecule has 4 aliphatic rings. The van der Waals surface area contributed by atoms with Crippen molar-refractivity contribution >= 4 is 27.5 Å². The van der Waals surface area contributed by atoms with E-state index in [2.05, 4.69) is 15.2 Å². The molecule has 2 aromatic carbocycles. The Morgan fingerprint density at radius 2 is 2.00 bits per heavy atom. The Morgan fingerprint density at radius 1 is 1.15 bits per heavy atom. The van der Waals surface area contributed by atoms with Gasteiger partial charge in [0.1, 0.15) is 52.9 Å². The molecule has 9 nitrogen and oxygen atoms in total.